The van der Waals surface area contributed by atoms with Crippen molar-refractivity contribution in [1.82, 2.24) is 20.6 Å². The Labute approximate surface area is 173 Å². The highest BCUT2D eigenvalue weighted by Gasteiger charge is 2.37. The number of aromatic nitrogens is 2. The number of hydrogen-bond donors (Lipinski definition) is 4. The van der Waals surface area contributed by atoms with E-state index in [4.69, 9.17) is 0 Å². The number of nitrogens with zero attached hydrogens (tertiary/aromatic N) is 1. The van der Waals surface area contributed by atoms with E-state index in [1.807, 2.05) is 0 Å². The third-order valence-electron chi connectivity index (χ3n) is 5.33. The first-order chi connectivity index (χ1) is 14.5. The van der Waals surface area contributed by atoms with Gasteiger partial charge in [0.15, 0.2) is 5.69 Å². The predicted molar refractivity (Wildman–Crippen MR) is 101 cm³/mol. The second-order valence-corrected chi connectivity index (χ2v) is 7.45. The van der Waals surface area contributed by atoms with Gasteiger partial charge < -0.3 is 20.7 Å². The number of halogens is 5. The van der Waals surface area contributed by atoms with Crippen LogP contribution in [0.1, 0.15) is 23.2 Å². The Balaban J connectivity index is 1.87. The van der Waals surface area contributed by atoms with Crippen LogP contribution in [0.25, 0.3) is 10.9 Å². The van der Waals surface area contributed by atoms with E-state index >= 15 is 0 Å². The number of aromatic amines is 1. The number of hydrogen-bond acceptors (Lipinski definition) is 5. The minimum Gasteiger partial charge on any atom is -0.394 e. The van der Waals surface area contributed by atoms with Gasteiger partial charge in [0.2, 0.25) is 5.91 Å². The maximum Gasteiger partial charge on any atom is 0.434 e. The van der Waals surface area contributed by atoms with E-state index < -0.39 is 60.8 Å². The number of fused-ring (bicyclic) bond motifs is 1. The summed E-state index contributed by atoms with van der Waals surface area (Å²) in [4.78, 5) is 30.6. The smallest absolute Gasteiger partial charge is 0.394 e. The molecule has 12 heteroatoms. The number of carbonyl (C=O) groups excluding carboxylic acids is 1. The first-order valence-corrected chi connectivity index (χ1v) is 9.52. The van der Waals surface area contributed by atoms with Crippen LogP contribution in [0, 0.1) is 6.92 Å². The molecule has 7 nitrogen and oxygen atoms in total. The molecule has 0 spiro atoms. The quantitative estimate of drug-likeness (QED) is 0.516. The van der Waals surface area contributed by atoms with Gasteiger partial charge >= 0.3 is 6.18 Å². The van der Waals surface area contributed by atoms with E-state index in [0.717, 1.165) is 6.20 Å². The van der Waals surface area contributed by atoms with Gasteiger partial charge in [0.05, 0.1) is 30.6 Å². The third kappa shape index (κ3) is 4.85. The van der Waals surface area contributed by atoms with Crippen molar-refractivity contribution in [3.63, 3.8) is 0 Å². The number of rotatable bonds is 5. The molecule has 170 valence electrons. The number of carbonyl (C=O) groups is 1. The summed E-state index contributed by atoms with van der Waals surface area (Å²) in [5.74, 6) is -0.805. The summed E-state index contributed by atoms with van der Waals surface area (Å²) in [5.41, 5.74) is -2.29. The topological polar surface area (TPSA) is 107 Å². The molecule has 1 fully saturated rings. The summed E-state index contributed by atoms with van der Waals surface area (Å²) in [6, 6.07) is -0.931. The number of nitrogens with one attached hydrogen (secondary N) is 3. The fourth-order valence-corrected chi connectivity index (χ4v) is 3.82. The highest BCUT2D eigenvalue weighted by molar-refractivity contribution is 5.87. The average molecular weight is 448 g/mol. The van der Waals surface area contributed by atoms with Crippen LogP contribution >= 0.6 is 0 Å². The molecule has 4 N–H and O–H groups in total. The molecule has 0 bridgehead atoms. The second kappa shape index (κ2) is 8.87. The molecule has 1 amide bonds. The molecule has 0 radical (unpaired) electrons. The molecular weight excluding hydrogens is 427 g/mol. The molecule has 0 aromatic carbocycles. The second-order valence-electron chi connectivity index (χ2n) is 7.45. The molecule has 3 rings (SSSR count). The van der Waals surface area contributed by atoms with Gasteiger partial charge in [-0.15, -0.1) is 0 Å². The van der Waals surface area contributed by atoms with Gasteiger partial charge in [0.1, 0.15) is 12.3 Å². The molecule has 1 saturated heterocycles. The number of pyridine rings is 2. The van der Waals surface area contributed by atoms with Gasteiger partial charge in [-0.25, -0.2) is 8.78 Å². The normalized spacial score (nSPS) is 23.0. The zero-order valence-corrected chi connectivity index (χ0v) is 16.4. The minimum atomic E-state index is -4.78. The molecule has 2 aromatic rings. The largest absolute Gasteiger partial charge is 0.434 e. The Morgan fingerprint density at radius 1 is 1.39 bits per heavy atom. The number of H-pyrrole nitrogens is 1. The van der Waals surface area contributed by atoms with Crippen molar-refractivity contribution in [3.05, 3.63) is 39.4 Å². The standard InChI is InChI=1S/C19H21F5N4O3/c1-8-10(18(31)28-12-2-3-25-17(15(8)12)19(22,23)24)5-14(30)27-13(7-29)16-11(21)4-9(20)6-26-16/h2-3,9,11,13,16,26,29H,4-7H2,1H3,(H,27,30)(H,28,31)/t9?,11?,13-,16?/m1/s1. The van der Waals surface area contributed by atoms with E-state index in [9.17, 15) is 36.6 Å². The highest BCUT2D eigenvalue weighted by atomic mass is 19.4. The SMILES string of the molecule is Cc1c(CC(=O)N[C@H](CO)C2NCC(F)CC2F)c(=O)[nH]c2ccnc(C(F)(F)F)c12. The van der Waals surface area contributed by atoms with Crippen LogP contribution in [-0.4, -0.2) is 58.6 Å². The van der Waals surface area contributed by atoms with Crippen LogP contribution < -0.4 is 16.2 Å². The number of piperidine rings is 1. The Hall–Kier alpha value is -2.60. The van der Waals surface area contributed by atoms with Crippen molar-refractivity contribution >= 4 is 16.8 Å². The summed E-state index contributed by atoms with van der Waals surface area (Å²) < 4.78 is 67.5. The molecule has 0 aliphatic carbocycles. The lowest BCUT2D eigenvalue weighted by Crippen LogP contribution is -2.60. The summed E-state index contributed by atoms with van der Waals surface area (Å²) in [7, 11) is 0. The van der Waals surface area contributed by atoms with E-state index in [1.165, 1.54) is 13.0 Å². The van der Waals surface area contributed by atoms with Crippen molar-refractivity contribution in [2.75, 3.05) is 13.2 Å². The summed E-state index contributed by atoms with van der Waals surface area (Å²) in [6.45, 7) is 0.479. The van der Waals surface area contributed by atoms with Gasteiger partial charge in [-0.1, -0.05) is 0 Å². The number of aliphatic hydroxyl groups excluding tert-OH is 1. The third-order valence-corrected chi connectivity index (χ3v) is 5.33. The highest BCUT2D eigenvalue weighted by Crippen LogP contribution is 2.34. The molecule has 1 aliphatic rings. The average Bonchev–Trinajstić information content (AvgIpc) is 2.68. The number of alkyl halides is 5. The molecule has 3 unspecified atom stereocenters. The lowest BCUT2D eigenvalue weighted by atomic mass is 9.95. The van der Waals surface area contributed by atoms with Crippen molar-refractivity contribution in [3.8, 4) is 0 Å². The molecule has 3 heterocycles. The monoisotopic (exact) mass is 448 g/mol. The van der Waals surface area contributed by atoms with Gasteiger partial charge in [-0.3, -0.25) is 14.6 Å². The Kier molecular flexibility index (Phi) is 6.60. The van der Waals surface area contributed by atoms with E-state index in [0.29, 0.717) is 0 Å². The van der Waals surface area contributed by atoms with Crippen LogP contribution in [-0.2, 0) is 17.4 Å². The van der Waals surface area contributed by atoms with E-state index in [1.54, 1.807) is 0 Å². The maximum absolute atomic E-state index is 14.1. The molecule has 4 atom stereocenters. The molecule has 1 aliphatic heterocycles. The van der Waals surface area contributed by atoms with Crippen LogP contribution in [0.5, 0.6) is 0 Å². The van der Waals surface area contributed by atoms with Gasteiger partial charge in [0, 0.05) is 30.1 Å². The van der Waals surface area contributed by atoms with E-state index in [-0.39, 0.29) is 35.0 Å². The Morgan fingerprint density at radius 2 is 2.10 bits per heavy atom. The fourth-order valence-electron chi connectivity index (χ4n) is 3.82. The van der Waals surface area contributed by atoms with Crippen LogP contribution in [0.2, 0.25) is 0 Å². The number of aryl methyl sites for hydroxylation is 1. The number of amides is 1. The number of aliphatic hydroxyl groups is 1. The van der Waals surface area contributed by atoms with Gasteiger partial charge in [0.25, 0.3) is 5.56 Å². The minimum absolute atomic E-state index is 0.0608. The van der Waals surface area contributed by atoms with Crippen LogP contribution in [0.4, 0.5) is 22.0 Å². The molecule has 0 saturated carbocycles. The first kappa shape index (κ1) is 23.1. The van der Waals surface area contributed by atoms with Crippen molar-refractivity contribution in [1.29, 1.82) is 0 Å². The molecular formula is C19H21F5N4O3. The van der Waals surface area contributed by atoms with Crippen molar-refractivity contribution < 1.29 is 31.9 Å². The molecule has 31 heavy (non-hydrogen) atoms. The lowest BCUT2D eigenvalue weighted by Gasteiger charge is -2.34. The van der Waals surface area contributed by atoms with Crippen molar-refractivity contribution in [2.24, 2.45) is 0 Å². The molecule has 2 aromatic heterocycles. The van der Waals surface area contributed by atoms with Gasteiger partial charge in [-0.2, -0.15) is 13.2 Å². The zero-order valence-electron chi connectivity index (χ0n) is 16.4. The predicted octanol–water partition coefficient (Wildman–Crippen LogP) is 1.31. The van der Waals surface area contributed by atoms with Crippen LogP contribution in [0.3, 0.4) is 0 Å². The first-order valence-electron chi connectivity index (χ1n) is 9.52. The Morgan fingerprint density at radius 3 is 2.71 bits per heavy atom. The summed E-state index contributed by atoms with van der Waals surface area (Å²) >= 11 is 0. The fraction of sp³-hybridized carbons (Fsp3) is 0.526. The van der Waals surface area contributed by atoms with Gasteiger partial charge in [-0.05, 0) is 18.6 Å². The lowest BCUT2D eigenvalue weighted by molar-refractivity contribution is -0.139. The Bertz CT molecular complexity index is 1030. The van der Waals surface area contributed by atoms with Crippen molar-refractivity contribution in [2.45, 2.75) is 50.4 Å². The summed E-state index contributed by atoms with van der Waals surface area (Å²) in [5, 5.41) is 14.2. The summed E-state index contributed by atoms with van der Waals surface area (Å²) in [6.07, 6.45) is -7.90. The van der Waals surface area contributed by atoms with Crippen LogP contribution in [0.15, 0.2) is 17.1 Å². The zero-order chi connectivity index (χ0) is 22.9. The van der Waals surface area contributed by atoms with E-state index in [2.05, 4.69) is 20.6 Å². The maximum atomic E-state index is 14.1.